The molecule has 0 aromatic heterocycles. The molecule has 0 saturated carbocycles. The lowest BCUT2D eigenvalue weighted by molar-refractivity contribution is 0.190. The number of phenolic OH excluding ortho intramolecular Hbond substituents is 1. The van der Waals surface area contributed by atoms with Gasteiger partial charge in [0.25, 0.3) is 0 Å². The van der Waals surface area contributed by atoms with Crippen molar-refractivity contribution in [3.63, 3.8) is 0 Å². The lowest BCUT2D eigenvalue weighted by atomic mass is 10.0. The van der Waals surface area contributed by atoms with Gasteiger partial charge in [-0.1, -0.05) is 22.9 Å². The number of rotatable bonds is 4. The Bertz CT molecular complexity index is 354. The fraction of sp³-hybridized carbons (Fsp3) is 0.538. The molecule has 0 heterocycles. The summed E-state index contributed by atoms with van der Waals surface area (Å²) in [7, 11) is 2.10. The van der Waals surface area contributed by atoms with E-state index in [1.165, 1.54) is 0 Å². The van der Waals surface area contributed by atoms with Gasteiger partial charge in [-0.3, -0.25) is 4.90 Å². The SMILES string of the molecule is CCC(C)N(C)C(C)c1cc(Br)ccc1O. The van der Waals surface area contributed by atoms with Crippen molar-refractivity contribution < 1.29 is 5.11 Å². The molecule has 0 radical (unpaired) electrons. The zero-order chi connectivity index (χ0) is 12.3. The summed E-state index contributed by atoms with van der Waals surface area (Å²) in [6.45, 7) is 6.49. The van der Waals surface area contributed by atoms with Crippen LogP contribution in [0.2, 0.25) is 0 Å². The van der Waals surface area contributed by atoms with Gasteiger partial charge < -0.3 is 5.11 Å². The van der Waals surface area contributed by atoms with Gasteiger partial charge in [0.05, 0.1) is 0 Å². The van der Waals surface area contributed by atoms with Crippen LogP contribution < -0.4 is 0 Å². The maximum absolute atomic E-state index is 9.86. The Hall–Kier alpha value is -0.540. The molecule has 0 aliphatic heterocycles. The molecule has 0 bridgehead atoms. The molecule has 1 rings (SSSR count). The third-order valence-corrected chi connectivity index (χ3v) is 3.83. The first-order valence-corrected chi connectivity index (χ1v) is 6.47. The van der Waals surface area contributed by atoms with E-state index in [0.29, 0.717) is 11.8 Å². The molecule has 2 atom stereocenters. The van der Waals surface area contributed by atoms with Crippen LogP contribution in [-0.4, -0.2) is 23.1 Å². The third kappa shape index (κ3) is 2.98. The number of phenols is 1. The molecule has 0 amide bonds. The van der Waals surface area contributed by atoms with Gasteiger partial charge in [0.15, 0.2) is 0 Å². The van der Waals surface area contributed by atoms with Crippen LogP contribution in [0.15, 0.2) is 22.7 Å². The van der Waals surface area contributed by atoms with Crippen molar-refractivity contribution in [1.29, 1.82) is 0 Å². The van der Waals surface area contributed by atoms with E-state index in [4.69, 9.17) is 0 Å². The van der Waals surface area contributed by atoms with Gasteiger partial charge in [0, 0.05) is 22.1 Å². The van der Waals surface area contributed by atoms with Crippen molar-refractivity contribution in [3.8, 4) is 5.75 Å². The number of nitrogens with zero attached hydrogens (tertiary/aromatic N) is 1. The van der Waals surface area contributed by atoms with Crippen LogP contribution in [0, 0.1) is 0 Å². The number of hydrogen-bond acceptors (Lipinski definition) is 2. The summed E-state index contributed by atoms with van der Waals surface area (Å²) in [6.07, 6.45) is 1.11. The lowest BCUT2D eigenvalue weighted by Crippen LogP contribution is -2.31. The van der Waals surface area contributed by atoms with Gasteiger partial charge in [0.1, 0.15) is 5.75 Å². The van der Waals surface area contributed by atoms with E-state index in [0.717, 1.165) is 16.5 Å². The zero-order valence-corrected chi connectivity index (χ0v) is 12.0. The van der Waals surface area contributed by atoms with Gasteiger partial charge in [-0.15, -0.1) is 0 Å². The van der Waals surface area contributed by atoms with Gasteiger partial charge in [-0.25, -0.2) is 0 Å². The zero-order valence-electron chi connectivity index (χ0n) is 10.4. The predicted molar refractivity (Wildman–Crippen MR) is 71.7 cm³/mol. The van der Waals surface area contributed by atoms with Crippen molar-refractivity contribution in [2.45, 2.75) is 39.3 Å². The second-order valence-electron chi connectivity index (χ2n) is 4.30. The van der Waals surface area contributed by atoms with E-state index in [1.54, 1.807) is 6.07 Å². The molecule has 90 valence electrons. The first-order chi connectivity index (χ1) is 7.47. The topological polar surface area (TPSA) is 23.5 Å². The highest BCUT2D eigenvalue weighted by Gasteiger charge is 2.18. The Labute approximate surface area is 106 Å². The minimum absolute atomic E-state index is 0.215. The van der Waals surface area contributed by atoms with Crippen molar-refractivity contribution >= 4 is 15.9 Å². The van der Waals surface area contributed by atoms with Crippen LogP contribution in [0.3, 0.4) is 0 Å². The average molecular weight is 286 g/mol. The van der Waals surface area contributed by atoms with Gasteiger partial charge in [-0.2, -0.15) is 0 Å². The van der Waals surface area contributed by atoms with Gasteiger partial charge in [0.2, 0.25) is 0 Å². The molecule has 1 aromatic rings. The Kier molecular flexibility index (Phi) is 4.81. The van der Waals surface area contributed by atoms with Crippen LogP contribution >= 0.6 is 15.9 Å². The highest BCUT2D eigenvalue weighted by atomic mass is 79.9. The quantitative estimate of drug-likeness (QED) is 0.906. The predicted octanol–water partition coefficient (Wildman–Crippen LogP) is 3.95. The maximum atomic E-state index is 9.86. The molecule has 0 saturated heterocycles. The standard InChI is InChI=1S/C13H20BrNO/c1-5-9(2)15(4)10(3)12-8-11(14)6-7-13(12)16/h6-10,16H,5H2,1-4H3. The molecule has 0 aliphatic carbocycles. The van der Waals surface area contributed by atoms with E-state index in [1.807, 2.05) is 12.1 Å². The Balaban J connectivity index is 2.95. The monoisotopic (exact) mass is 285 g/mol. The van der Waals surface area contributed by atoms with E-state index >= 15 is 0 Å². The largest absolute Gasteiger partial charge is 0.508 e. The van der Waals surface area contributed by atoms with Crippen LogP contribution in [0.4, 0.5) is 0 Å². The fourth-order valence-electron chi connectivity index (χ4n) is 1.75. The second kappa shape index (κ2) is 5.69. The van der Waals surface area contributed by atoms with Crippen LogP contribution in [0.1, 0.15) is 38.8 Å². The summed E-state index contributed by atoms with van der Waals surface area (Å²) in [6, 6.07) is 6.30. The normalized spacial score (nSPS) is 15.1. The summed E-state index contributed by atoms with van der Waals surface area (Å²) in [4.78, 5) is 2.28. The van der Waals surface area contributed by atoms with Crippen LogP contribution in [0.5, 0.6) is 5.75 Å². The molecule has 1 N–H and O–H groups in total. The van der Waals surface area contributed by atoms with Crippen LogP contribution in [-0.2, 0) is 0 Å². The third-order valence-electron chi connectivity index (χ3n) is 3.34. The number of aromatic hydroxyl groups is 1. The van der Waals surface area contributed by atoms with E-state index < -0.39 is 0 Å². The molecular formula is C13H20BrNO. The summed E-state index contributed by atoms with van der Waals surface area (Å²) in [5.74, 6) is 0.367. The highest BCUT2D eigenvalue weighted by Crippen LogP contribution is 2.31. The summed E-state index contributed by atoms with van der Waals surface area (Å²) < 4.78 is 1.00. The smallest absolute Gasteiger partial charge is 0.120 e. The van der Waals surface area contributed by atoms with Crippen molar-refractivity contribution in [2.75, 3.05) is 7.05 Å². The first kappa shape index (κ1) is 13.5. The maximum Gasteiger partial charge on any atom is 0.120 e. The minimum atomic E-state index is 0.215. The number of halogens is 1. The highest BCUT2D eigenvalue weighted by molar-refractivity contribution is 9.10. The van der Waals surface area contributed by atoms with Gasteiger partial charge >= 0.3 is 0 Å². The molecule has 0 fully saturated rings. The van der Waals surface area contributed by atoms with Gasteiger partial charge in [-0.05, 0) is 45.5 Å². The van der Waals surface area contributed by atoms with E-state index in [9.17, 15) is 5.11 Å². The molecule has 2 nitrogen and oxygen atoms in total. The molecule has 3 heteroatoms. The first-order valence-electron chi connectivity index (χ1n) is 5.67. The number of benzene rings is 1. The number of hydrogen-bond donors (Lipinski definition) is 1. The van der Waals surface area contributed by atoms with Crippen molar-refractivity contribution in [2.24, 2.45) is 0 Å². The summed E-state index contributed by atoms with van der Waals surface area (Å²) >= 11 is 3.44. The average Bonchev–Trinajstić information content (AvgIpc) is 2.29. The molecule has 0 aliphatic rings. The Morgan fingerprint density at radius 1 is 1.38 bits per heavy atom. The Morgan fingerprint density at radius 2 is 2.00 bits per heavy atom. The van der Waals surface area contributed by atoms with E-state index in [-0.39, 0.29) is 6.04 Å². The van der Waals surface area contributed by atoms with Crippen molar-refractivity contribution in [3.05, 3.63) is 28.2 Å². The molecule has 0 spiro atoms. The molecule has 1 aromatic carbocycles. The molecule has 2 unspecified atom stereocenters. The van der Waals surface area contributed by atoms with E-state index in [2.05, 4.69) is 48.6 Å². The fourth-order valence-corrected chi connectivity index (χ4v) is 2.13. The lowest BCUT2D eigenvalue weighted by Gasteiger charge is -2.30. The second-order valence-corrected chi connectivity index (χ2v) is 5.22. The minimum Gasteiger partial charge on any atom is -0.508 e. The molecule has 16 heavy (non-hydrogen) atoms. The summed E-state index contributed by atoms with van der Waals surface area (Å²) in [5, 5.41) is 9.86. The summed E-state index contributed by atoms with van der Waals surface area (Å²) in [5.41, 5.74) is 0.970. The van der Waals surface area contributed by atoms with Crippen molar-refractivity contribution in [1.82, 2.24) is 4.90 Å². The van der Waals surface area contributed by atoms with Crippen LogP contribution in [0.25, 0.3) is 0 Å². The Morgan fingerprint density at radius 3 is 2.56 bits per heavy atom. The molecular weight excluding hydrogens is 266 g/mol.